The Labute approximate surface area is 153 Å². The Bertz CT molecular complexity index is 1040. The molecule has 2 aromatic heterocycles. The van der Waals surface area contributed by atoms with Gasteiger partial charge in [-0.25, -0.2) is 9.50 Å². The van der Waals surface area contributed by atoms with Crippen LogP contribution in [0.3, 0.4) is 0 Å². The molecule has 0 radical (unpaired) electrons. The van der Waals surface area contributed by atoms with Crippen LogP contribution in [0.1, 0.15) is 33.1 Å². The molecular formula is C16H11F6N5O. The Balaban J connectivity index is 1.99. The van der Waals surface area contributed by atoms with Gasteiger partial charge in [0.15, 0.2) is 0 Å². The van der Waals surface area contributed by atoms with Crippen LogP contribution in [0.15, 0.2) is 24.3 Å². The average Bonchev–Trinajstić information content (AvgIpc) is 2.97. The highest BCUT2D eigenvalue weighted by atomic mass is 19.4. The number of aryl methyl sites for hydroxylation is 2. The lowest BCUT2D eigenvalue weighted by Gasteiger charge is -2.14. The maximum absolute atomic E-state index is 12.9. The number of alkyl halides is 6. The van der Waals surface area contributed by atoms with Crippen molar-refractivity contribution in [2.45, 2.75) is 26.2 Å². The number of rotatable bonds is 2. The number of nitrogens with one attached hydrogen (secondary N) is 1. The summed E-state index contributed by atoms with van der Waals surface area (Å²) in [5.74, 6) is -1.45. The smallest absolute Gasteiger partial charge is 0.319 e. The number of benzene rings is 1. The fourth-order valence-corrected chi connectivity index (χ4v) is 2.48. The second-order valence-corrected chi connectivity index (χ2v) is 5.93. The first-order chi connectivity index (χ1) is 12.8. The van der Waals surface area contributed by atoms with Crippen molar-refractivity contribution in [2.24, 2.45) is 0 Å². The summed E-state index contributed by atoms with van der Waals surface area (Å²) in [6.45, 7) is 3.35. The summed E-state index contributed by atoms with van der Waals surface area (Å²) >= 11 is 0. The Hall–Kier alpha value is -3.18. The quantitative estimate of drug-likeness (QED) is 0.656. The molecule has 0 unspecified atom stereocenters. The Morgan fingerprint density at radius 3 is 2.04 bits per heavy atom. The predicted octanol–water partition coefficient (Wildman–Crippen LogP) is 4.03. The lowest BCUT2D eigenvalue weighted by molar-refractivity contribution is -0.143. The molecule has 0 spiro atoms. The molecule has 0 saturated carbocycles. The molecule has 0 aliphatic carbocycles. The number of anilines is 1. The van der Waals surface area contributed by atoms with Crippen molar-refractivity contribution in [3.05, 3.63) is 52.6 Å². The molecule has 12 heteroatoms. The molecule has 6 nitrogen and oxygen atoms in total. The maximum Gasteiger partial charge on any atom is 0.416 e. The molecule has 3 aromatic rings. The van der Waals surface area contributed by atoms with Gasteiger partial charge in [0.1, 0.15) is 0 Å². The van der Waals surface area contributed by atoms with Crippen LogP contribution in [0.5, 0.6) is 0 Å². The van der Waals surface area contributed by atoms with Gasteiger partial charge < -0.3 is 5.32 Å². The molecular weight excluding hydrogens is 392 g/mol. The first-order valence-corrected chi connectivity index (χ1v) is 7.66. The van der Waals surface area contributed by atoms with Crippen LogP contribution in [0.25, 0.3) is 5.78 Å². The van der Waals surface area contributed by atoms with E-state index < -0.39 is 40.9 Å². The zero-order valence-electron chi connectivity index (χ0n) is 14.3. The summed E-state index contributed by atoms with van der Waals surface area (Å²) in [5.41, 5.74) is -2.60. The van der Waals surface area contributed by atoms with Crippen molar-refractivity contribution in [3.8, 4) is 0 Å². The van der Waals surface area contributed by atoms with E-state index in [4.69, 9.17) is 0 Å². The molecule has 0 aliphatic heterocycles. The second kappa shape index (κ2) is 6.46. The zero-order chi connectivity index (χ0) is 20.9. The number of aromatic nitrogens is 4. The molecule has 0 saturated heterocycles. The van der Waals surface area contributed by atoms with Gasteiger partial charge in [0.25, 0.3) is 11.7 Å². The third-order valence-corrected chi connectivity index (χ3v) is 3.67. The molecule has 0 bridgehead atoms. The number of halogens is 6. The highest BCUT2D eigenvalue weighted by molar-refractivity contribution is 6.01. The average molecular weight is 403 g/mol. The van der Waals surface area contributed by atoms with Crippen molar-refractivity contribution in [2.75, 3.05) is 5.32 Å². The number of carbonyl (C=O) groups is 1. The summed E-state index contributed by atoms with van der Waals surface area (Å²) < 4.78 is 78.6. The molecule has 0 fully saturated rings. The van der Waals surface area contributed by atoms with E-state index in [0.717, 1.165) is 0 Å². The van der Waals surface area contributed by atoms with E-state index in [1.54, 1.807) is 19.9 Å². The molecule has 0 atom stereocenters. The predicted molar refractivity (Wildman–Crippen MR) is 84.7 cm³/mol. The first-order valence-electron chi connectivity index (χ1n) is 7.66. The molecule has 1 amide bonds. The summed E-state index contributed by atoms with van der Waals surface area (Å²) in [6.07, 6.45) is -10.1. The van der Waals surface area contributed by atoms with Crippen LogP contribution >= 0.6 is 0 Å². The van der Waals surface area contributed by atoms with Crippen LogP contribution < -0.4 is 5.32 Å². The summed E-state index contributed by atoms with van der Waals surface area (Å²) in [6, 6.07) is 2.42. The van der Waals surface area contributed by atoms with Crippen molar-refractivity contribution in [1.29, 1.82) is 0 Å². The fraction of sp³-hybridized carbons (Fsp3) is 0.250. The third kappa shape index (κ3) is 3.89. The van der Waals surface area contributed by atoms with Crippen LogP contribution in [-0.2, 0) is 12.4 Å². The highest BCUT2D eigenvalue weighted by Gasteiger charge is 2.37. The van der Waals surface area contributed by atoms with E-state index in [9.17, 15) is 31.1 Å². The number of hydrogen-bond acceptors (Lipinski definition) is 4. The minimum absolute atomic E-state index is 0.0329. The third-order valence-electron chi connectivity index (χ3n) is 3.67. The molecule has 1 N–H and O–H groups in total. The van der Waals surface area contributed by atoms with Crippen molar-refractivity contribution in [3.63, 3.8) is 0 Å². The maximum atomic E-state index is 12.9. The first kappa shape index (κ1) is 19.6. The van der Waals surface area contributed by atoms with E-state index in [-0.39, 0.29) is 11.8 Å². The van der Waals surface area contributed by atoms with E-state index in [1.807, 2.05) is 5.32 Å². The van der Waals surface area contributed by atoms with Crippen molar-refractivity contribution in [1.82, 2.24) is 19.6 Å². The van der Waals surface area contributed by atoms with Crippen LogP contribution in [-0.4, -0.2) is 25.5 Å². The second-order valence-electron chi connectivity index (χ2n) is 5.93. The van der Waals surface area contributed by atoms with Gasteiger partial charge in [0.05, 0.1) is 11.1 Å². The lowest BCUT2D eigenvalue weighted by atomic mass is 10.1. The van der Waals surface area contributed by atoms with E-state index in [1.165, 1.54) is 4.52 Å². The highest BCUT2D eigenvalue weighted by Crippen LogP contribution is 2.37. The number of fused-ring (bicyclic) bond motifs is 1. The number of amides is 1. The summed E-state index contributed by atoms with van der Waals surface area (Å²) in [7, 11) is 0. The van der Waals surface area contributed by atoms with Crippen LogP contribution in [0, 0.1) is 13.8 Å². The summed E-state index contributed by atoms with van der Waals surface area (Å²) in [4.78, 5) is 20.2. The minimum atomic E-state index is -5.03. The van der Waals surface area contributed by atoms with Gasteiger partial charge in [-0.15, -0.1) is 5.10 Å². The zero-order valence-corrected chi connectivity index (χ0v) is 14.3. The van der Waals surface area contributed by atoms with Gasteiger partial charge in [0, 0.05) is 17.1 Å². The number of hydrogen-bond donors (Lipinski definition) is 1. The fourth-order valence-electron chi connectivity index (χ4n) is 2.48. The Kier molecular flexibility index (Phi) is 4.52. The van der Waals surface area contributed by atoms with E-state index in [2.05, 4.69) is 15.1 Å². The standard InChI is InChI=1S/C16H11F6N5O/c1-7-3-8(2)27-14(23-7)25-12(26-27)13(28)24-11-5-9(15(17,18)19)4-10(6-11)16(20,21)22/h3-6H,1-2H3,(H,24,28). The van der Waals surface area contributed by atoms with E-state index >= 15 is 0 Å². The number of nitrogens with zero attached hydrogens (tertiary/aromatic N) is 4. The van der Waals surface area contributed by atoms with Gasteiger partial charge in [0.2, 0.25) is 5.82 Å². The topological polar surface area (TPSA) is 72.2 Å². The SMILES string of the molecule is Cc1cc(C)n2nc(C(=O)Nc3cc(C(F)(F)F)cc(C(F)(F)F)c3)nc2n1. The normalized spacial score (nSPS) is 12.4. The van der Waals surface area contributed by atoms with Gasteiger partial charge in [-0.1, -0.05) is 0 Å². The molecule has 1 aromatic carbocycles. The Morgan fingerprint density at radius 1 is 0.929 bits per heavy atom. The molecule has 2 heterocycles. The van der Waals surface area contributed by atoms with Crippen molar-refractivity contribution >= 4 is 17.4 Å². The number of carbonyl (C=O) groups excluding carboxylic acids is 1. The molecule has 3 rings (SSSR count). The minimum Gasteiger partial charge on any atom is -0.319 e. The van der Waals surface area contributed by atoms with Gasteiger partial charge in [-0.3, -0.25) is 4.79 Å². The molecule has 148 valence electrons. The largest absolute Gasteiger partial charge is 0.416 e. The van der Waals surface area contributed by atoms with Gasteiger partial charge in [-0.05, 0) is 38.1 Å². The van der Waals surface area contributed by atoms with Crippen LogP contribution in [0.4, 0.5) is 32.0 Å². The molecule has 0 aliphatic rings. The molecule has 28 heavy (non-hydrogen) atoms. The van der Waals surface area contributed by atoms with Crippen LogP contribution in [0.2, 0.25) is 0 Å². The summed E-state index contributed by atoms with van der Waals surface area (Å²) in [5, 5.41) is 5.85. The van der Waals surface area contributed by atoms with Gasteiger partial charge in [-0.2, -0.15) is 31.3 Å². The van der Waals surface area contributed by atoms with Gasteiger partial charge >= 0.3 is 12.4 Å². The monoisotopic (exact) mass is 403 g/mol. The van der Waals surface area contributed by atoms with Crippen molar-refractivity contribution < 1.29 is 31.1 Å². The Morgan fingerprint density at radius 2 is 1.50 bits per heavy atom. The van der Waals surface area contributed by atoms with E-state index in [0.29, 0.717) is 23.5 Å². The lowest BCUT2D eigenvalue weighted by Crippen LogP contribution is -2.17.